The van der Waals surface area contributed by atoms with E-state index in [1.54, 1.807) is 17.0 Å². The molecule has 0 saturated carbocycles. The third-order valence-corrected chi connectivity index (χ3v) is 5.19. The number of hydrogen-bond acceptors (Lipinski definition) is 4. The lowest BCUT2D eigenvalue weighted by Crippen LogP contribution is -2.34. The molecule has 6 nitrogen and oxygen atoms in total. The molecule has 1 amide bonds. The van der Waals surface area contributed by atoms with Gasteiger partial charge in [0.1, 0.15) is 5.75 Å². The van der Waals surface area contributed by atoms with E-state index in [9.17, 15) is 13.2 Å². The molecule has 0 aliphatic heterocycles. The van der Waals surface area contributed by atoms with Crippen molar-refractivity contribution in [2.75, 3.05) is 19.7 Å². The average Bonchev–Trinajstić information content (AvgIpc) is 2.54. The van der Waals surface area contributed by atoms with Gasteiger partial charge in [-0.3, -0.25) is 4.79 Å². The monoisotopic (exact) mass is 342 g/mol. The summed E-state index contributed by atoms with van der Waals surface area (Å²) in [6.45, 7) is 8.76. The van der Waals surface area contributed by atoms with Gasteiger partial charge < -0.3 is 9.64 Å². The number of benzene rings is 1. The lowest BCUT2D eigenvalue weighted by Gasteiger charge is -2.18. The van der Waals surface area contributed by atoms with Crippen molar-refractivity contribution >= 4 is 15.9 Å². The summed E-state index contributed by atoms with van der Waals surface area (Å²) in [4.78, 5) is 13.7. The summed E-state index contributed by atoms with van der Waals surface area (Å²) >= 11 is 0. The molecule has 1 aromatic rings. The van der Waals surface area contributed by atoms with Gasteiger partial charge in [-0.25, -0.2) is 13.1 Å². The standard InChI is InChI=1S/C16H26N2O4S/c1-5-13(4)17-23(20,21)15-10-8-14(9-11-15)22-12-16(19)18(6-2)7-3/h8-11,13,17H,5-7,12H2,1-4H3/t13-/m0/s1. The van der Waals surface area contributed by atoms with Gasteiger partial charge in [-0.05, 0) is 51.5 Å². The first-order valence-electron chi connectivity index (χ1n) is 7.87. The van der Waals surface area contributed by atoms with E-state index in [0.29, 0.717) is 25.3 Å². The molecule has 0 spiro atoms. The number of nitrogens with zero attached hydrogens (tertiary/aromatic N) is 1. The molecule has 0 aliphatic rings. The fraction of sp³-hybridized carbons (Fsp3) is 0.562. The molecule has 1 atom stereocenters. The highest BCUT2D eigenvalue weighted by atomic mass is 32.2. The highest BCUT2D eigenvalue weighted by molar-refractivity contribution is 7.89. The van der Waals surface area contributed by atoms with Crippen LogP contribution in [-0.4, -0.2) is 45.0 Å². The molecule has 0 aromatic heterocycles. The van der Waals surface area contributed by atoms with Crippen LogP contribution in [-0.2, 0) is 14.8 Å². The molecule has 0 aliphatic carbocycles. The number of sulfonamides is 1. The Kier molecular flexibility index (Phi) is 7.51. The Balaban J connectivity index is 2.68. The lowest BCUT2D eigenvalue weighted by molar-refractivity contribution is -0.132. The molecular weight excluding hydrogens is 316 g/mol. The fourth-order valence-electron chi connectivity index (χ4n) is 1.94. The van der Waals surface area contributed by atoms with Crippen molar-refractivity contribution < 1.29 is 17.9 Å². The normalized spacial score (nSPS) is 12.7. The summed E-state index contributed by atoms with van der Waals surface area (Å²) in [5.41, 5.74) is 0. The number of nitrogens with one attached hydrogen (secondary N) is 1. The zero-order valence-electron chi connectivity index (χ0n) is 14.2. The van der Waals surface area contributed by atoms with Crippen LogP contribution in [0.15, 0.2) is 29.2 Å². The summed E-state index contributed by atoms with van der Waals surface area (Å²) in [7, 11) is -3.52. The van der Waals surface area contributed by atoms with Crippen LogP contribution in [0.5, 0.6) is 5.75 Å². The van der Waals surface area contributed by atoms with Crippen LogP contribution in [0.2, 0.25) is 0 Å². The van der Waals surface area contributed by atoms with Crippen molar-refractivity contribution in [2.24, 2.45) is 0 Å². The molecule has 0 bridgehead atoms. The third kappa shape index (κ3) is 5.84. The van der Waals surface area contributed by atoms with Gasteiger partial charge in [-0.2, -0.15) is 0 Å². The molecule has 0 radical (unpaired) electrons. The van der Waals surface area contributed by atoms with Crippen molar-refractivity contribution in [3.63, 3.8) is 0 Å². The summed E-state index contributed by atoms with van der Waals surface area (Å²) in [6.07, 6.45) is 0.716. The largest absolute Gasteiger partial charge is 0.484 e. The Hall–Kier alpha value is -1.60. The first-order chi connectivity index (χ1) is 10.8. The van der Waals surface area contributed by atoms with Gasteiger partial charge in [-0.15, -0.1) is 0 Å². The third-order valence-electron chi connectivity index (χ3n) is 3.58. The molecule has 0 fully saturated rings. The van der Waals surface area contributed by atoms with Gasteiger partial charge in [0.15, 0.2) is 6.61 Å². The predicted octanol–water partition coefficient (Wildman–Crippen LogP) is 2.01. The zero-order chi connectivity index (χ0) is 17.5. The lowest BCUT2D eigenvalue weighted by atomic mass is 10.3. The van der Waals surface area contributed by atoms with Crippen LogP contribution in [0.3, 0.4) is 0 Å². The second kappa shape index (κ2) is 8.88. The number of ether oxygens (including phenoxy) is 1. The molecule has 0 saturated heterocycles. The SMILES string of the molecule is CC[C@H](C)NS(=O)(=O)c1ccc(OCC(=O)N(CC)CC)cc1. The van der Waals surface area contributed by atoms with E-state index in [1.807, 2.05) is 27.7 Å². The van der Waals surface area contributed by atoms with E-state index in [1.165, 1.54) is 12.1 Å². The molecule has 0 heterocycles. The Morgan fingerprint density at radius 2 is 1.74 bits per heavy atom. The number of amides is 1. The summed E-state index contributed by atoms with van der Waals surface area (Å²) in [5.74, 6) is 0.373. The van der Waals surface area contributed by atoms with Gasteiger partial charge >= 0.3 is 0 Å². The Morgan fingerprint density at radius 1 is 1.17 bits per heavy atom. The number of carbonyl (C=O) groups excluding carboxylic acids is 1. The molecular formula is C16H26N2O4S. The molecule has 23 heavy (non-hydrogen) atoms. The Bertz CT molecular complexity index is 595. The summed E-state index contributed by atoms with van der Waals surface area (Å²) in [5, 5.41) is 0. The quantitative estimate of drug-likeness (QED) is 0.745. The first kappa shape index (κ1) is 19.4. The van der Waals surface area contributed by atoms with Crippen molar-refractivity contribution in [1.29, 1.82) is 0 Å². The zero-order valence-corrected chi connectivity index (χ0v) is 15.0. The Morgan fingerprint density at radius 3 is 2.22 bits per heavy atom. The van der Waals surface area contributed by atoms with Gasteiger partial charge in [-0.1, -0.05) is 6.92 Å². The maximum Gasteiger partial charge on any atom is 0.260 e. The van der Waals surface area contributed by atoms with E-state index in [0.717, 1.165) is 0 Å². The van der Waals surface area contributed by atoms with Crippen LogP contribution in [0.25, 0.3) is 0 Å². The minimum absolute atomic E-state index is 0.0567. The molecule has 1 rings (SSSR count). The number of carbonyl (C=O) groups is 1. The van der Waals surface area contributed by atoms with E-state index >= 15 is 0 Å². The van der Waals surface area contributed by atoms with E-state index in [2.05, 4.69) is 4.72 Å². The van der Waals surface area contributed by atoms with E-state index in [4.69, 9.17) is 4.74 Å². The summed E-state index contributed by atoms with van der Waals surface area (Å²) < 4.78 is 32.3. The predicted molar refractivity (Wildman–Crippen MR) is 89.9 cm³/mol. The maximum absolute atomic E-state index is 12.1. The minimum Gasteiger partial charge on any atom is -0.484 e. The van der Waals surface area contributed by atoms with Crippen LogP contribution < -0.4 is 9.46 Å². The number of rotatable bonds is 9. The molecule has 1 N–H and O–H groups in total. The van der Waals surface area contributed by atoms with Crippen molar-refractivity contribution in [1.82, 2.24) is 9.62 Å². The molecule has 7 heteroatoms. The van der Waals surface area contributed by atoms with Crippen molar-refractivity contribution in [2.45, 2.75) is 45.1 Å². The van der Waals surface area contributed by atoms with Crippen LogP contribution in [0.4, 0.5) is 0 Å². The molecule has 1 aromatic carbocycles. The van der Waals surface area contributed by atoms with Crippen molar-refractivity contribution in [3.05, 3.63) is 24.3 Å². The Labute approximate surface area is 138 Å². The number of hydrogen-bond donors (Lipinski definition) is 1. The van der Waals surface area contributed by atoms with E-state index < -0.39 is 10.0 Å². The van der Waals surface area contributed by atoms with Crippen molar-refractivity contribution in [3.8, 4) is 5.75 Å². The second-order valence-electron chi connectivity index (χ2n) is 5.26. The highest BCUT2D eigenvalue weighted by Crippen LogP contribution is 2.16. The average molecular weight is 342 g/mol. The minimum atomic E-state index is -3.52. The van der Waals surface area contributed by atoms with Gasteiger partial charge in [0.25, 0.3) is 5.91 Å². The summed E-state index contributed by atoms with van der Waals surface area (Å²) in [6, 6.07) is 5.94. The first-order valence-corrected chi connectivity index (χ1v) is 9.35. The fourth-order valence-corrected chi connectivity index (χ4v) is 3.27. The van der Waals surface area contributed by atoms with Gasteiger partial charge in [0.05, 0.1) is 4.90 Å². The topological polar surface area (TPSA) is 75.7 Å². The van der Waals surface area contributed by atoms with Gasteiger partial charge in [0.2, 0.25) is 10.0 Å². The highest BCUT2D eigenvalue weighted by Gasteiger charge is 2.16. The maximum atomic E-state index is 12.1. The van der Waals surface area contributed by atoms with Gasteiger partial charge in [0, 0.05) is 19.1 Å². The van der Waals surface area contributed by atoms with E-state index in [-0.39, 0.29) is 23.5 Å². The number of likely N-dealkylation sites (N-methyl/N-ethyl adjacent to an activating group) is 1. The second-order valence-corrected chi connectivity index (χ2v) is 6.97. The van der Waals surface area contributed by atoms with Crippen LogP contribution >= 0.6 is 0 Å². The molecule has 0 unspecified atom stereocenters. The van der Waals surface area contributed by atoms with Crippen LogP contribution in [0, 0.1) is 0 Å². The smallest absolute Gasteiger partial charge is 0.260 e. The molecule has 130 valence electrons. The van der Waals surface area contributed by atoms with Crippen LogP contribution in [0.1, 0.15) is 34.1 Å².